The zero-order valence-electron chi connectivity index (χ0n) is 15.5. The van der Waals surface area contributed by atoms with Crippen LogP contribution in [0.25, 0.3) is 17.0 Å². The second-order valence-electron chi connectivity index (χ2n) is 7.70. The summed E-state index contributed by atoms with van der Waals surface area (Å²) in [6.45, 7) is 6.08. The molecule has 27 heavy (non-hydrogen) atoms. The van der Waals surface area contributed by atoms with Gasteiger partial charge in [-0.2, -0.15) is 5.10 Å². The molecule has 1 saturated heterocycles. The van der Waals surface area contributed by atoms with Gasteiger partial charge in [0, 0.05) is 16.8 Å². The molecule has 3 heterocycles. The third kappa shape index (κ3) is 3.53. The molecule has 2 aliphatic heterocycles. The zero-order chi connectivity index (χ0) is 19.2. The summed E-state index contributed by atoms with van der Waals surface area (Å²) in [5, 5.41) is 11.3. The summed E-state index contributed by atoms with van der Waals surface area (Å²) >= 11 is 1.42. The van der Waals surface area contributed by atoms with Crippen LogP contribution in [0.4, 0.5) is 4.79 Å². The molecule has 2 aliphatic rings. The van der Waals surface area contributed by atoms with Crippen molar-refractivity contribution in [3.63, 3.8) is 0 Å². The van der Waals surface area contributed by atoms with Crippen LogP contribution in [-0.4, -0.2) is 45.4 Å². The van der Waals surface area contributed by atoms with Gasteiger partial charge in [0.2, 0.25) is 0 Å². The van der Waals surface area contributed by atoms with E-state index in [1.807, 2.05) is 45.0 Å². The first kappa shape index (κ1) is 17.9. The highest BCUT2D eigenvalue weighted by Crippen LogP contribution is 2.40. The molecule has 0 spiro atoms. The molecule has 1 fully saturated rings. The zero-order valence-corrected chi connectivity index (χ0v) is 16.4. The predicted molar refractivity (Wildman–Crippen MR) is 104 cm³/mol. The topological polar surface area (TPSA) is 87.3 Å². The number of benzene rings is 1. The number of aromatic nitrogens is 2. The van der Waals surface area contributed by atoms with E-state index >= 15 is 0 Å². The van der Waals surface area contributed by atoms with Gasteiger partial charge in [0.15, 0.2) is 0 Å². The highest BCUT2D eigenvalue weighted by molar-refractivity contribution is 8.04. The summed E-state index contributed by atoms with van der Waals surface area (Å²) in [6, 6.07) is 5.85. The Bertz CT molecular complexity index is 944. The van der Waals surface area contributed by atoms with Crippen LogP contribution in [0, 0.1) is 0 Å². The van der Waals surface area contributed by atoms with Gasteiger partial charge in [-0.3, -0.25) is 14.8 Å². The molecule has 8 heteroatoms. The number of thioether (sulfide) groups is 1. The van der Waals surface area contributed by atoms with Crippen LogP contribution in [0.5, 0.6) is 0 Å². The molecular weight excluding hydrogens is 364 g/mol. The third-order valence-electron chi connectivity index (χ3n) is 4.47. The van der Waals surface area contributed by atoms with Gasteiger partial charge in [-0.25, -0.2) is 4.79 Å². The van der Waals surface area contributed by atoms with Gasteiger partial charge in [-0.15, -0.1) is 0 Å². The summed E-state index contributed by atoms with van der Waals surface area (Å²) in [5.74, 6) is -0.197. The SMILES string of the molecule is CC(C)(C)OC(=O)N1CCCC1NC(=O)C1=Cc2[nH]nc3cccc(c23)S1. The van der Waals surface area contributed by atoms with Gasteiger partial charge in [0.05, 0.1) is 16.1 Å². The van der Waals surface area contributed by atoms with Gasteiger partial charge in [0.25, 0.3) is 5.91 Å². The van der Waals surface area contributed by atoms with E-state index in [-0.39, 0.29) is 12.1 Å². The van der Waals surface area contributed by atoms with Crippen molar-refractivity contribution in [2.24, 2.45) is 0 Å². The molecule has 0 radical (unpaired) electrons. The molecule has 0 aliphatic carbocycles. The third-order valence-corrected chi connectivity index (χ3v) is 5.55. The van der Waals surface area contributed by atoms with E-state index in [2.05, 4.69) is 15.5 Å². The van der Waals surface area contributed by atoms with Crippen molar-refractivity contribution in [1.29, 1.82) is 0 Å². The smallest absolute Gasteiger partial charge is 0.411 e. The Hall–Kier alpha value is -2.48. The standard InChI is InChI=1S/C19H22N4O3S/c1-19(2,3)26-18(25)23-9-5-8-15(23)20-17(24)14-10-12-16-11(21-22-12)6-4-7-13(16)27-14/h4,6-7,10,15H,5,8-9H2,1-3H3,(H,20,24)(H,21,22). The monoisotopic (exact) mass is 386 g/mol. The molecule has 1 unspecified atom stereocenters. The van der Waals surface area contributed by atoms with E-state index in [1.54, 1.807) is 4.90 Å². The van der Waals surface area contributed by atoms with Crippen molar-refractivity contribution in [1.82, 2.24) is 20.4 Å². The van der Waals surface area contributed by atoms with Crippen LogP contribution >= 0.6 is 11.8 Å². The fraction of sp³-hybridized carbons (Fsp3) is 0.421. The summed E-state index contributed by atoms with van der Waals surface area (Å²) in [6.07, 6.45) is 2.62. The molecular formula is C19H22N4O3S. The summed E-state index contributed by atoms with van der Waals surface area (Å²) in [5.41, 5.74) is 1.16. The number of carbonyl (C=O) groups is 2. The number of rotatable bonds is 2. The van der Waals surface area contributed by atoms with Gasteiger partial charge in [-0.05, 0) is 51.8 Å². The average molecular weight is 386 g/mol. The second-order valence-corrected chi connectivity index (χ2v) is 8.79. The minimum Gasteiger partial charge on any atom is -0.444 e. The lowest BCUT2D eigenvalue weighted by Crippen LogP contribution is -2.48. The lowest BCUT2D eigenvalue weighted by Gasteiger charge is -2.29. The van der Waals surface area contributed by atoms with Crippen molar-refractivity contribution in [3.8, 4) is 0 Å². The Morgan fingerprint density at radius 2 is 2.19 bits per heavy atom. The Balaban J connectivity index is 1.49. The minimum atomic E-state index is -0.564. The Morgan fingerprint density at radius 1 is 1.37 bits per heavy atom. The van der Waals surface area contributed by atoms with E-state index in [1.165, 1.54) is 11.8 Å². The van der Waals surface area contributed by atoms with Crippen LogP contribution in [0.15, 0.2) is 28.0 Å². The van der Waals surface area contributed by atoms with Crippen LogP contribution in [-0.2, 0) is 9.53 Å². The minimum absolute atomic E-state index is 0.197. The average Bonchev–Trinajstić information content (AvgIpc) is 3.22. The molecule has 2 N–H and O–H groups in total. The van der Waals surface area contributed by atoms with Gasteiger partial charge in [-0.1, -0.05) is 17.8 Å². The van der Waals surface area contributed by atoms with Crippen molar-refractivity contribution >= 4 is 40.7 Å². The number of ether oxygens (including phenoxy) is 1. The normalized spacial score (nSPS) is 19.1. The maximum Gasteiger partial charge on any atom is 0.411 e. The van der Waals surface area contributed by atoms with Crippen LogP contribution in [0.2, 0.25) is 0 Å². The maximum absolute atomic E-state index is 12.8. The van der Waals surface area contributed by atoms with Crippen LogP contribution in [0.3, 0.4) is 0 Å². The number of hydrogen-bond donors (Lipinski definition) is 2. The molecule has 2 aromatic rings. The number of amides is 2. The molecule has 1 aromatic heterocycles. The molecule has 0 saturated carbocycles. The number of likely N-dealkylation sites (tertiary alicyclic amines) is 1. The van der Waals surface area contributed by atoms with E-state index < -0.39 is 11.7 Å². The molecule has 2 amide bonds. The van der Waals surface area contributed by atoms with Gasteiger partial charge >= 0.3 is 6.09 Å². The molecule has 4 rings (SSSR count). The highest BCUT2D eigenvalue weighted by Gasteiger charge is 2.34. The summed E-state index contributed by atoms with van der Waals surface area (Å²) in [4.78, 5) is 28.4. The largest absolute Gasteiger partial charge is 0.444 e. The fourth-order valence-corrected chi connectivity index (χ4v) is 4.35. The van der Waals surface area contributed by atoms with Gasteiger partial charge < -0.3 is 10.1 Å². The Labute approximate surface area is 161 Å². The first-order valence-electron chi connectivity index (χ1n) is 8.99. The van der Waals surface area contributed by atoms with E-state index in [4.69, 9.17) is 4.74 Å². The number of aromatic amines is 1. The van der Waals surface area contributed by atoms with Crippen molar-refractivity contribution in [2.45, 2.75) is 50.3 Å². The number of hydrogen-bond acceptors (Lipinski definition) is 5. The molecule has 1 atom stereocenters. The van der Waals surface area contributed by atoms with Gasteiger partial charge in [0.1, 0.15) is 11.8 Å². The summed E-state index contributed by atoms with van der Waals surface area (Å²) in [7, 11) is 0. The number of nitrogens with one attached hydrogen (secondary N) is 2. The molecule has 0 bridgehead atoms. The first-order chi connectivity index (χ1) is 12.8. The number of carbonyl (C=O) groups excluding carboxylic acids is 2. The highest BCUT2D eigenvalue weighted by atomic mass is 32.2. The van der Waals surface area contributed by atoms with E-state index in [0.717, 1.165) is 27.9 Å². The number of nitrogens with zero attached hydrogens (tertiary/aromatic N) is 2. The maximum atomic E-state index is 12.8. The molecule has 142 valence electrons. The molecule has 7 nitrogen and oxygen atoms in total. The fourth-order valence-electron chi connectivity index (χ4n) is 3.32. The lowest BCUT2D eigenvalue weighted by atomic mass is 10.2. The Kier molecular flexibility index (Phi) is 4.38. The first-order valence-corrected chi connectivity index (χ1v) is 9.80. The number of H-pyrrole nitrogens is 1. The van der Waals surface area contributed by atoms with Crippen LogP contribution < -0.4 is 5.32 Å². The second kappa shape index (κ2) is 6.60. The Morgan fingerprint density at radius 3 is 2.96 bits per heavy atom. The van der Waals surface area contributed by atoms with Crippen molar-refractivity contribution < 1.29 is 14.3 Å². The van der Waals surface area contributed by atoms with Crippen LogP contribution in [0.1, 0.15) is 39.3 Å². The van der Waals surface area contributed by atoms with E-state index in [9.17, 15) is 9.59 Å². The quantitative estimate of drug-likeness (QED) is 0.825. The predicted octanol–water partition coefficient (Wildman–Crippen LogP) is 3.48. The van der Waals surface area contributed by atoms with E-state index in [0.29, 0.717) is 17.9 Å². The summed E-state index contributed by atoms with van der Waals surface area (Å²) < 4.78 is 5.46. The lowest BCUT2D eigenvalue weighted by molar-refractivity contribution is -0.118. The van der Waals surface area contributed by atoms with Crippen molar-refractivity contribution in [2.75, 3.05) is 6.54 Å². The molecule has 1 aromatic carbocycles. The van der Waals surface area contributed by atoms with Crippen molar-refractivity contribution in [3.05, 3.63) is 28.8 Å².